The molecule has 0 saturated heterocycles. The lowest BCUT2D eigenvalue weighted by atomic mass is 9.86. The standard InChI is InChI=1S/C29H30FNO4/c1-17-10-12-19(13-11-17)25-21-14-15-31(27(32)20-8-6-7-9-22(20)30)23(21)16-18(2)24(25)26(28(33)34)35-29(3,4)5/h6-13,16,26H,14-15H2,1-5H3,(H,33,34)/t26-/m0/s1. The largest absolute Gasteiger partial charge is 0.479 e. The molecule has 0 radical (unpaired) electrons. The molecule has 4 rings (SSSR count). The summed E-state index contributed by atoms with van der Waals surface area (Å²) in [6.45, 7) is 9.67. The monoisotopic (exact) mass is 475 g/mol. The van der Waals surface area contributed by atoms with Gasteiger partial charge in [0.05, 0.1) is 11.2 Å². The maximum Gasteiger partial charge on any atom is 0.337 e. The van der Waals surface area contributed by atoms with Crippen LogP contribution in [0.3, 0.4) is 0 Å². The molecule has 1 aliphatic heterocycles. The zero-order valence-electron chi connectivity index (χ0n) is 20.7. The van der Waals surface area contributed by atoms with Crippen LogP contribution in [0.2, 0.25) is 0 Å². The van der Waals surface area contributed by atoms with E-state index in [-0.39, 0.29) is 5.56 Å². The number of aryl methyl sites for hydroxylation is 2. The summed E-state index contributed by atoms with van der Waals surface area (Å²) in [5.41, 5.74) is 4.84. The number of anilines is 1. The van der Waals surface area contributed by atoms with E-state index in [0.717, 1.165) is 22.3 Å². The van der Waals surface area contributed by atoms with Crippen molar-refractivity contribution in [2.24, 2.45) is 0 Å². The van der Waals surface area contributed by atoms with Crippen LogP contribution in [0.4, 0.5) is 10.1 Å². The number of rotatable bonds is 5. The van der Waals surface area contributed by atoms with Gasteiger partial charge in [0.15, 0.2) is 6.10 Å². The van der Waals surface area contributed by atoms with Crippen LogP contribution in [-0.2, 0) is 16.0 Å². The number of ether oxygens (including phenoxy) is 1. The van der Waals surface area contributed by atoms with Crippen LogP contribution in [0.5, 0.6) is 0 Å². The summed E-state index contributed by atoms with van der Waals surface area (Å²) in [6.07, 6.45) is -0.665. The number of hydrogen-bond donors (Lipinski definition) is 1. The highest BCUT2D eigenvalue weighted by atomic mass is 19.1. The van der Waals surface area contributed by atoms with E-state index in [0.29, 0.717) is 29.8 Å². The smallest absolute Gasteiger partial charge is 0.337 e. The predicted molar refractivity (Wildman–Crippen MR) is 134 cm³/mol. The van der Waals surface area contributed by atoms with Crippen LogP contribution < -0.4 is 4.90 Å². The minimum Gasteiger partial charge on any atom is -0.479 e. The number of hydrogen-bond acceptors (Lipinski definition) is 3. The average molecular weight is 476 g/mol. The van der Waals surface area contributed by atoms with Gasteiger partial charge in [0.2, 0.25) is 0 Å². The molecule has 3 aromatic rings. The summed E-state index contributed by atoms with van der Waals surface area (Å²) in [5.74, 6) is -2.05. The fraction of sp³-hybridized carbons (Fsp3) is 0.310. The van der Waals surface area contributed by atoms with Crippen LogP contribution in [0, 0.1) is 19.7 Å². The van der Waals surface area contributed by atoms with Crippen LogP contribution in [-0.4, -0.2) is 29.1 Å². The van der Waals surface area contributed by atoms with E-state index >= 15 is 0 Å². The topological polar surface area (TPSA) is 66.8 Å². The number of halogens is 1. The van der Waals surface area contributed by atoms with Crippen LogP contribution in [0.15, 0.2) is 54.6 Å². The minimum atomic E-state index is -1.19. The first kappa shape index (κ1) is 24.6. The molecule has 1 heterocycles. The highest BCUT2D eigenvalue weighted by Crippen LogP contribution is 2.45. The minimum absolute atomic E-state index is 0.0124. The molecule has 0 bridgehead atoms. The normalized spacial score (nSPS) is 14.1. The average Bonchev–Trinajstić information content (AvgIpc) is 3.20. The van der Waals surface area contributed by atoms with Crippen molar-refractivity contribution in [3.63, 3.8) is 0 Å². The van der Waals surface area contributed by atoms with Gasteiger partial charge in [-0.3, -0.25) is 4.79 Å². The van der Waals surface area contributed by atoms with E-state index < -0.39 is 29.4 Å². The molecule has 0 spiro atoms. The molecule has 0 aliphatic carbocycles. The van der Waals surface area contributed by atoms with E-state index in [1.54, 1.807) is 17.0 Å². The maximum absolute atomic E-state index is 14.4. The highest BCUT2D eigenvalue weighted by molar-refractivity contribution is 6.08. The Morgan fingerprint density at radius 3 is 2.31 bits per heavy atom. The Morgan fingerprint density at radius 1 is 1.06 bits per heavy atom. The summed E-state index contributed by atoms with van der Waals surface area (Å²) >= 11 is 0. The van der Waals surface area contributed by atoms with Crippen molar-refractivity contribution < 1.29 is 23.8 Å². The molecular weight excluding hydrogens is 445 g/mol. The molecule has 1 amide bonds. The highest BCUT2D eigenvalue weighted by Gasteiger charge is 2.36. The first-order valence-electron chi connectivity index (χ1n) is 11.7. The number of aliphatic carboxylic acids is 1. The van der Waals surface area contributed by atoms with Crippen molar-refractivity contribution in [3.8, 4) is 11.1 Å². The Balaban J connectivity index is 1.94. The van der Waals surface area contributed by atoms with Crippen molar-refractivity contribution in [2.45, 2.75) is 52.7 Å². The molecule has 1 atom stereocenters. The molecule has 0 saturated carbocycles. The first-order valence-corrected chi connectivity index (χ1v) is 11.7. The van der Waals surface area contributed by atoms with E-state index in [4.69, 9.17) is 4.74 Å². The lowest BCUT2D eigenvalue weighted by Gasteiger charge is -2.29. The molecule has 35 heavy (non-hydrogen) atoms. The van der Waals surface area contributed by atoms with Crippen molar-refractivity contribution in [2.75, 3.05) is 11.4 Å². The van der Waals surface area contributed by atoms with Crippen molar-refractivity contribution >= 4 is 17.6 Å². The molecule has 1 N–H and O–H groups in total. The Hall–Kier alpha value is -3.51. The molecule has 0 aromatic heterocycles. The fourth-order valence-corrected chi connectivity index (χ4v) is 4.66. The molecule has 0 unspecified atom stereocenters. The van der Waals surface area contributed by atoms with Gasteiger partial charge in [-0.1, -0.05) is 42.0 Å². The van der Waals surface area contributed by atoms with E-state index in [1.165, 1.54) is 12.1 Å². The summed E-state index contributed by atoms with van der Waals surface area (Å²) in [7, 11) is 0. The number of amides is 1. The van der Waals surface area contributed by atoms with Gasteiger partial charge in [-0.25, -0.2) is 9.18 Å². The van der Waals surface area contributed by atoms with Gasteiger partial charge in [-0.05, 0) is 81.5 Å². The second-order valence-corrected chi connectivity index (χ2v) is 9.98. The van der Waals surface area contributed by atoms with E-state index in [1.807, 2.05) is 65.0 Å². The Labute approximate surface area is 205 Å². The molecule has 182 valence electrons. The van der Waals surface area contributed by atoms with Gasteiger partial charge < -0.3 is 14.7 Å². The molecule has 5 nitrogen and oxygen atoms in total. The Bertz CT molecular complexity index is 1290. The number of carboxylic acid groups (broad SMARTS) is 1. The quantitative estimate of drug-likeness (QED) is 0.473. The SMILES string of the molecule is Cc1ccc(-c2c3c(cc(C)c2[C@H](OC(C)(C)C)C(=O)O)N(C(=O)c2ccccc2F)CC3)cc1. The number of carboxylic acids is 1. The molecular formula is C29H30FNO4. The van der Waals surface area contributed by atoms with Crippen molar-refractivity contribution in [1.29, 1.82) is 0 Å². The number of carbonyl (C=O) groups excluding carboxylic acids is 1. The molecule has 1 aliphatic rings. The van der Waals surface area contributed by atoms with Crippen LogP contribution in [0.1, 0.15) is 59.5 Å². The predicted octanol–water partition coefficient (Wildman–Crippen LogP) is 6.25. The second kappa shape index (κ2) is 9.27. The van der Waals surface area contributed by atoms with Gasteiger partial charge in [-0.15, -0.1) is 0 Å². The van der Waals surface area contributed by atoms with Crippen LogP contribution in [0.25, 0.3) is 11.1 Å². The van der Waals surface area contributed by atoms with Gasteiger partial charge in [0.1, 0.15) is 5.82 Å². The molecule has 0 fully saturated rings. The van der Waals surface area contributed by atoms with Crippen molar-refractivity contribution in [1.82, 2.24) is 0 Å². The summed E-state index contributed by atoms with van der Waals surface area (Å²) in [6, 6.07) is 15.7. The van der Waals surface area contributed by atoms with Gasteiger partial charge in [0, 0.05) is 17.8 Å². The summed E-state index contributed by atoms with van der Waals surface area (Å²) in [5, 5.41) is 10.2. The van der Waals surface area contributed by atoms with Gasteiger partial charge >= 0.3 is 5.97 Å². The lowest BCUT2D eigenvalue weighted by molar-refractivity contribution is -0.160. The van der Waals surface area contributed by atoms with Crippen molar-refractivity contribution in [3.05, 3.63) is 88.2 Å². The zero-order chi connectivity index (χ0) is 25.5. The third-order valence-corrected chi connectivity index (χ3v) is 6.18. The summed E-state index contributed by atoms with van der Waals surface area (Å²) < 4.78 is 20.5. The van der Waals surface area contributed by atoms with E-state index in [2.05, 4.69) is 0 Å². The lowest BCUT2D eigenvalue weighted by Crippen LogP contribution is -2.30. The molecule has 3 aromatic carbocycles. The Kier molecular flexibility index (Phi) is 6.52. The first-order chi connectivity index (χ1) is 16.5. The number of carbonyl (C=O) groups is 2. The zero-order valence-corrected chi connectivity index (χ0v) is 20.7. The Morgan fingerprint density at radius 2 is 1.71 bits per heavy atom. The summed E-state index contributed by atoms with van der Waals surface area (Å²) in [4.78, 5) is 27.3. The second-order valence-electron chi connectivity index (χ2n) is 9.98. The van der Waals surface area contributed by atoms with Gasteiger partial charge in [-0.2, -0.15) is 0 Å². The molecule has 6 heteroatoms. The van der Waals surface area contributed by atoms with Crippen LogP contribution >= 0.6 is 0 Å². The number of nitrogens with zero attached hydrogens (tertiary/aromatic N) is 1. The van der Waals surface area contributed by atoms with E-state index in [9.17, 15) is 19.1 Å². The number of benzene rings is 3. The number of fused-ring (bicyclic) bond motifs is 1. The third kappa shape index (κ3) is 4.84. The van der Waals surface area contributed by atoms with Gasteiger partial charge in [0.25, 0.3) is 5.91 Å². The maximum atomic E-state index is 14.4. The fourth-order valence-electron chi connectivity index (χ4n) is 4.66. The third-order valence-electron chi connectivity index (χ3n) is 6.18.